The van der Waals surface area contributed by atoms with Gasteiger partial charge in [-0.2, -0.15) is 0 Å². The molecular weight excluding hydrogens is 354 g/mol. The minimum absolute atomic E-state index is 0.0324. The van der Waals surface area contributed by atoms with Gasteiger partial charge in [0.05, 0.1) is 17.7 Å². The summed E-state index contributed by atoms with van der Waals surface area (Å²) in [6, 6.07) is 6.10. The summed E-state index contributed by atoms with van der Waals surface area (Å²) in [5, 5.41) is 13.1. The molecule has 0 radical (unpaired) electrons. The van der Waals surface area contributed by atoms with Crippen LogP contribution in [0.4, 0.5) is 4.39 Å². The maximum Gasteiger partial charge on any atom is 0.227 e. The summed E-state index contributed by atoms with van der Waals surface area (Å²) in [4.78, 5) is 16.7. The maximum atomic E-state index is 13.9. The second kappa shape index (κ2) is 7.05. The summed E-state index contributed by atoms with van der Waals surface area (Å²) < 4.78 is 13.9. The smallest absolute Gasteiger partial charge is 0.227 e. The lowest BCUT2D eigenvalue weighted by molar-refractivity contribution is -0.123. The number of aliphatic hydroxyl groups excluding tert-OH is 1. The molecule has 0 unspecified atom stereocenters. The summed E-state index contributed by atoms with van der Waals surface area (Å²) in [5.74, 6) is -1.23. The van der Waals surface area contributed by atoms with Crippen LogP contribution in [0.15, 0.2) is 30.5 Å². The van der Waals surface area contributed by atoms with E-state index < -0.39 is 17.8 Å². The fourth-order valence-electron chi connectivity index (χ4n) is 2.93. The zero-order valence-electron chi connectivity index (χ0n) is 12.6. The standard InChI is InChI=1S/C17H15Cl2FN2O2/c18-9-6-13(19)12(14(20)7-9)8-22-17(24)11-3-4-15(23)16-10(11)2-1-5-21-16/h1-2,5-7,11,15,23H,3-4,8H2,(H,22,24)/t11-,15+/m1/s1. The first-order valence-corrected chi connectivity index (χ1v) is 8.27. The van der Waals surface area contributed by atoms with Crippen LogP contribution in [0.1, 0.15) is 41.7 Å². The largest absolute Gasteiger partial charge is 0.387 e. The van der Waals surface area contributed by atoms with Gasteiger partial charge in [-0.1, -0.05) is 29.3 Å². The van der Waals surface area contributed by atoms with Crippen LogP contribution in [0.2, 0.25) is 10.0 Å². The number of amides is 1. The van der Waals surface area contributed by atoms with Gasteiger partial charge in [0.25, 0.3) is 0 Å². The fourth-order valence-corrected chi connectivity index (χ4v) is 3.47. The highest BCUT2D eigenvalue weighted by Gasteiger charge is 2.31. The molecule has 0 saturated carbocycles. The molecule has 24 heavy (non-hydrogen) atoms. The molecule has 0 fully saturated rings. The van der Waals surface area contributed by atoms with E-state index in [0.717, 1.165) is 6.07 Å². The van der Waals surface area contributed by atoms with Crippen molar-refractivity contribution in [2.75, 3.05) is 0 Å². The van der Waals surface area contributed by atoms with Crippen molar-refractivity contribution in [3.8, 4) is 0 Å². The summed E-state index contributed by atoms with van der Waals surface area (Å²) in [6.07, 6.45) is 1.89. The highest BCUT2D eigenvalue weighted by atomic mass is 35.5. The molecule has 1 heterocycles. The van der Waals surface area contributed by atoms with Crippen LogP contribution in [-0.4, -0.2) is 16.0 Å². The van der Waals surface area contributed by atoms with E-state index in [-0.39, 0.29) is 28.1 Å². The Kier molecular flexibility index (Phi) is 5.04. The van der Waals surface area contributed by atoms with E-state index in [0.29, 0.717) is 24.1 Å². The molecule has 126 valence electrons. The second-order valence-corrected chi connectivity index (χ2v) is 6.53. The van der Waals surface area contributed by atoms with Crippen molar-refractivity contribution in [3.63, 3.8) is 0 Å². The number of nitrogens with zero attached hydrogens (tertiary/aromatic N) is 1. The highest BCUT2D eigenvalue weighted by Crippen LogP contribution is 2.36. The van der Waals surface area contributed by atoms with Crippen LogP contribution < -0.4 is 5.32 Å². The van der Waals surface area contributed by atoms with E-state index >= 15 is 0 Å². The lowest BCUT2D eigenvalue weighted by atomic mass is 9.83. The number of fused-ring (bicyclic) bond motifs is 1. The number of carbonyl (C=O) groups is 1. The van der Waals surface area contributed by atoms with Gasteiger partial charge >= 0.3 is 0 Å². The monoisotopic (exact) mass is 368 g/mol. The number of hydrogen-bond donors (Lipinski definition) is 2. The van der Waals surface area contributed by atoms with Crippen molar-refractivity contribution >= 4 is 29.1 Å². The Bertz CT molecular complexity index is 762. The quantitative estimate of drug-likeness (QED) is 0.866. The fraction of sp³-hybridized carbons (Fsp3) is 0.294. The number of aromatic nitrogens is 1. The van der Waals surface area contributed by atoms with Crippen LogP contribution in [0.5, 0.6) is 0 Å². The van der Waals surface area contributed by atoms with E-state index in [9.17, 15) is 14.3 Å². The Hall–Kier alpha value is -1.69. The van der Waals surface area contributed by atoms with Gasteiger partial charge in [0.2, 0.25) is 5.91 Å². The third kappa shape index (κ3) is 3.38. The molecule has 1 aliphatic carbocycles. The molecule has 1 amide bonds. The van der Waals surface area contributed by atoms with Crippen LogP contribution in [0, 0.1) is 5.82 Å². The summed E-state index contributed by atoms with van der Waals surface area (Å²) in [6.45, 7) is -0.0324. The Morgan fingerprint density at radius 2 is 2.17 bits per heavy atom. The van der Waals surface area contributed by atoms with Crippen molar-refractivity contribution in [1.82, 2.24) is 10.3 Å². The van der Waals surface area contributed by atoms with Gasteiger partial charge in [0.1, 0.15) is 5.82 Å². The van der Waals surface area contributed by atoms with Gasteiger partial charge in [-0.3, -0.25) is 9.78 Å². The molecule has 3 rings (SSSR count). The highest BCUT2D eigenvalue weighted by molar-refractivity contribution is 6.35. The minimum Gasteiger partial charge on any atom is -0.387 e. The maximum absolute atomic E-state index is 13.9. The lowest BCUT2D eigenvalue weighted by Crippen LogP contribution is -2.32. The van der Waals surface area contributed by atoms with E-state index in [4.69, 9.17) is 23.2 Å². The van der Waals surface area contributed by atoms with E-state index in [2.05, 4.69) is 10.3 Å². The van der Waals surface area contributed by atoms with Gasteiger partial charge in [-0.05, 0) is 36.6 Å². The number of halogens is 3. The van der Waals surface area contributed by atoms with Crippen molar-refractivity contribution in [2.45, 2.75) is 31.4 Å². The molecule has 0 saturated heterocycles. The molecule has 1 aliphatic rings. The Morgan fingerprint density at radius 3 is 2.92 bits per heavy atom. The van der Waals surface area contributed by atoms with Crippen molar-refractivity contribution in [3.05, 3.63) is 63.1 Å². The Morgan fingerprint density at radius 1 is 1.38 bits per heavy atom. The number of nitrogens with one attached hydrogen (secondary N) is 1. The van der Waals surface area contributed by atoms with Gasteiger partial charge in [0, 0.05) is 28.4 Å². The SMILES string of the molecule is O=C(NCc1c(F)cc(Cl)cc1Cl)[C@@H]1CC[C@H](O)c2ncccc21. The zero-order valence-corrected chi connectivity index (χ0v) is 14.1. The first-order valence-electron chi connectivity index (χ1n) is 7.51. The van der Waals surface area contributed by atoms with Gasteiger partial charge in [0.15, 0.2) is 0 Å². The molecule has 0 spiro atoms. The number of rotatable bonds is 3. The third-order valence-electron chi connectivity index (χ3n) is 4.15. The molecule has 1 aromatic carbocycles. The predicted molar refractivity (Wildman–Crippen MR) is 89.4 cm³/mol. The molecule has 1 aromatic heterocycles. The summed E-state index contributed by atoms with van der Waals surface area (Å²) >= 11 is 11.7. The number of carbonyl (C=O) groups excluding carboxylic acids is 1. The first kappa shape index (κ1) is 17.1. The third-order valence-corrected chi connectivity index (χ3v) is 4.71. The van der Waals surface area contributed by atoms with Crippen molar-refractivity contribution in [2.24, 2.45) is 0 Å². The predicted octanol–water partition coefficient (Wildman–Crippen LogP) is 3.75. The molecular formula is C17H15Cl2FN2O2. The van der Waals surface area contributed by atoms with Crippen LogP contribution in [0.3, 0.4) is 0 Å². The number of aliphatic hydroxyl groups is 1. The zero-order chi connectivity index (χ0) is 17.3. The second-order valence-electron chi connectivity index (χ2n) is 5.69. The molecule has 0 aliphatic heterocycles. The van der Waals surface area contributed by atoms with Gasteiger partial charge < -0.3 is 10.4 Å². The Labute approximate surface area is 148 Å². The molecule has 2 atom stereocenters. The van der Waals surface area contributed by atoms with E-state index in [1.807, 2.05) is 0 Å². The van der Waals surface area contributed by atoms with Crippen LogP contribution in [0.25, 0.3) is 0 Å². The van der Waals surface area contributed by atoms with Crippen molar-refractivity contribution in [1.29, 1.82) is 0 Å². The number of benzene rings is 1. The number of hydrogen-bond acceptors (Lipinski definition) is 3. The summed E-state index contributed by atoms with van der Waals surface area (Å²) in [5.41, 5.74) is 1.42. The average Bonchev–Trinajstić information content (AvgIpc) is 2.54. The van der Waals surface area contributed by atoms with E-state index in [1.165, 1.54) is 6.07 Å². The van der Waals surface area contributed by atoms with Crippen LogP contribution in [-0.2, 0) is 11.3 Å². The topological polar surface area (TPSA) is 62.2 Å². The van der Waals surface area contributed by atoms with Gasteiger partial charge in [-0.15, -0.1) is 0 Å². The number of pyridine rings is 1. The van der Waals surface area contributed by atoms with Crippen LogP contribution >= 0.6 is 23.2 Å². The first-order chi connectivity index (χ1) is 11.5. The molecule has 2 N–H and O–H groups in total. The summed E-state index contributed by atoms with van der Waals surface area (Å²) in [7, 11) is 0. The molecule has 2 aromatic rings. The lowest BCUT2D eigenvalue weighted by Gasteiger charge is -2.27. The molecule has 4 nitrogen and oxygen atoms in total. The van der Waals surface area contributed by atoms with E-state index in [1.54, 1.807) is 18.3 Å². The minimum atomic E-state index is -0.659. The normalized spacial score (nSPS) is 19.7. The Balaban J connectivity index is 1.76. The molecule has 0 bridgehead atoms. The van der Waals surface area contributed by atoms with Gasteiger partial charge in [-0.25, -0.2) is 4.39 Å². The average molecular weight is 369 g/mol. The van der Waals surface area contributed by atoms with Crippen molar-refractivity contribution < 1.29 is 14.3 Å². The molecule has 7 heteroatoms.